The molecule has 2 atom stereocenters. The van der Waals surface area contributed by atoms with Crippen LogP contribution in [0, 0.1) is 11.7 Å². The van der Waals surface area contributed by atoms with Gasteiger partial charge in [-0.05, 0) is 75.4 Å². The van der Waals surface area contributed by atoms with E-state index in [2.05, 4.69) is 5.32 Å². The molecule has 15 heteroatoms. The molecule has 2 aromatic rings. The molecule has 1 aliphatic carbocycles. The summed E-state index contributed by atoms with van der Waals surface area (Å²) in [5.41, 5.74) is -4.72. The Morgan fingerprint density at radius 1 is 0.851 bits per heavy atom. The average Bonchev–Trinajstić information content (AvgIpc) is 3.44. The zero-order valence-electron chi connectivity index (χ0n) is 26.3. The number of benzene rings is 2. The van der Waals surface area contributed by atoms with Crippen molar-refractivity contribution >= 4 is 23.5 Å². The van der Waals surface area contributed by atoms with Crippen molar-refractivity contribution in [2.75, 3.05) is 32.1 Å². The van der Waals surface area contributed by atoms with Gasteiger partial charge in [-0.2, -0.15) is 26.3 Å². The maximum atomic E-state index is 13.8. The van der Waals surface area contributed by atoms with Crippen LogP contribution in [0.15, 0.2) is 42.5 Å². The lowest BCUT2D eigenvalue weighted by molar-refractivity contribution is -0.143. The minimum Gasteiger partial charge on any atom is -0.381 e. The molecule has 2 N–H and O–H groups in total. The van der Waals surface area contributed by atoms with E-state index in [1.165, 1.54) is 50.1 Å². The molecule has 258 valence electrons. The molecule has 4 rings (SSSR count). The third-order valence-corrected chi connectivity index (χ3v) is 8.91. The number of amides is 4. The Morgan fingerprint density at radius 3 is 1.87 bits per heavy atom. The van der Waals surface area contributed by atoms with Crippen LogP contribution in [0.5, 0.6) is 0 Å². The molecule has 0 radical (unpaired) electrons. The summed E-state index contributed by atoms with van der Waals surface area (Å²) in [5, 5.41) is 12.7. The summed E-state index contributed by atoms with van der Waals surface area (Å²) >= 11 is 0. The molecule has 2 aliphatic rings. The molecule has 47 heavy (non-hydrogen) atoms. The number of alkyl halides is 6. The van der Waals surface area contributed by atoms with Gasteiger partial charge in [0.25, 0.3) is 5.91 Å². The number of nitrogens with zero attached hydrogens (tertiary/aromatic N) is 3. The van der Waals surface area contributed by atoms with Crippen LogP contribution in [0.4, 0.5) is 41.2 Å². The van der Waals surface area contributed by atoms with Crippen molar-refractivity contribution in [2.45, 2.75) is 75.5 Å². The van der Waals surface area contributed by atoms with Gasteiger partial charge in [-0.15, -0.1) is 0 Å². The number of urea groups is 1. The second kappa shape index (κ2) is 13.3. The zero-order chi connectivity index (χ0) is 35.1. The van der Waals surface area contributed by atoms with E-state index in [0.717, 1.165) is 7.05 Å². The SMILES string of the molecule is CN(C(=O)N(C)[C@@H]1CN(C(=O)C2CCC(NC(=O)C(C)(C)O)CC2)C[C@H]1c1ccc(F)cc1)c1cc(C(F)(F)F)cc(C(F)(F)F)c1. The average molecular weight is 675 g/mol. The smallest absolute Gasteiger partial charge is 0.381 e. The van der Waals surface area contributed by atoms with Crippen LogP contribution in [0.2, 0.25) is 0 Å². The van der Waals surface area contributed by atoms with E-state index in [0.29, 0.717) is 48.3 Å². The van der Waals surface area contributed by atoms with Crippen LogP contribution in [0.1, 0.15) is 62.1 Å². The molecule has 0 bridgehead atoms. The standard InChI is InChI=1S/C32H37F7N4O4/c1-30(2,47)28(45)40-23-11-7-19(8-12-23)27(44)43-16-25(18-5-9-22(33)10-6-18)26(17-43)42(4)29(46)41(3)24-14-20(31(34,35)36)13-21(15-24)32(37,38)39/h5-6,9-10,13-15,19,23,25-26,47H,7-8,11-12,16-17H2,1-4H3,(H,40,45)/t19?,23?,25-,26+/m0/s1. The molecular weight excluding hydrogens is 637 g/mol. The topological polar surface area (TPSA) is 93.2 Å². The van der Waals surface area contributed by atoms with Crippen molar-refractivity contribution in [1.82, 2.24) is 15.1 Å². The third kappa shape index (κ3) is 8.35. The first-order valence-electron chi connectivity index (χ1n) is 15.0. The molecule has 2 aromatic carbocycles. The van der Waals surface area contributed by atoms with Gasteiger partial charge in [-0.1, -0.05) is 12.1 Å². The summed E-state index contributed by atoms with van der Waals surface area (Å²) < 4.78 is 94.7. The van der Waals surface area contributed by atoms with Crippen LogP contribution < -0.4 is 10.2 Å². The lowest BCUT2D eigenvalue weighted by atomic mass is 9.85. The number of aliphatic hydroxyl groups is 1. The highest BCUT2D eigenvalue weighted by Gasteiger charge is 2.44. The fourth-order valence-electron chi connectivity index (χ4n) is 6.12. The number of carbonyl (C=O) groups is 3. The highest BCUT2D eigenvalue weighted by molar-refractivity contribution is 5.92. The number of carbonyl (C=O) groups excluding carboxylic acids is 3. The van der Waals surface area contributed by atoms with E-state index in [1.807, 2.05) is 0 Å². The molecule has 1 heterocycles. The predicted molar refractivity (Wildman–Crippen MR) is 158 cm³/mol. The van der Waals surface area contributed by atoms with E-state index in [9.17, 15) is 50.2 Å². The normalized spacial score (nSPS) is 22.2. The molecular formula is C32H37F7N4O4. The summed E-state index contributed by atoms with van der Waals surface area (Å²) in [6.07, 6.45) is -8.31. The zero-order valence-corrected chi connectivity index (χ0v) is 26.3. The summed E-state index contributed by atoms with van der Waals surface area (Å²) in [4.78, 5) is 42.9. The summed E-state index contributed by atoms with van der Waals surface area (Å²) in [5.74, 6) is -2.18. The predicted octanol–water partition coefficient (Wildman–Crippen LogP) is 5.79. The molecule has 8 nitrogen and oxygen atoms in total. The van der Waals surface area contributed by atoms with Gasteiger partial charge in [0.2, 0.25) is 5.91 Å². The van der Waals surface area contributed by atoms with Crippen molar-refractivity contribution in [3.63, 3.8) is 0 Å². The van der Waals surface area contributed by atoms with Crippen LogP contribution >= 0.6 is 0 Å². The summed E-state index contributed by atoms with van der Waals surface area (Å²) in [6.45, 7) is 2.89. The quantitative estimate of drug-likeness (QED) is 0.380. The highest BCUT2D eigenvalue weighted by atomic mass is 19.4. The molecule has 0 aromatic heterocycles. The fraction of sp³-hybridized carbons (Fsp3) is 0.531. The maximum Gasteiger partial charge on any atom is 0.416 e. The molecule has 0 unspecified atom stereocenters. The molecule has 1 aliphatic heterocycles. The molecule has 1 saturated carbocycles. The van der Waals surface area contributed by atoms with Gasteiger partial charge >= 0.3 is 18.4 Å². The summed E-state index contributed by atoms with van der Waals surface area (Å²) in [6, 6.07) is 4.46. The lowest BCUT2D eigenvalue weighted by Gasteiger charge is -2.33. The van der Waals surface area contributed by atoms with Gasteiger partial charge in [0, 0.05) is 50.7 Å². The Balaban J connectivity index is 1.55. The number of likely N-dealkylation sites (N-methyl/N-ethyl adjacent to an activating group) is 1. The maximum absolute atomic E-state index is 13.8. The number of likely N-dealkylation sites (tertiary alicyclic amines) is 1. The Labute approximate surface area is 267 Å². The second-order valence-electron chi connectivity index (χ2n) is 12.8. The lowest BCUT2D eigenvalue weighted by Crippen LogP contribution is -2.49. The largest absolute Gasteiger partial charge is 0.416 e. The Hall–Kier alpha value is -3.88. The first-order valence-corrected chi connectivity index (χ1v) is 15.0. The van der Waals surface area contributed by atoms with Gasteiger partial charge in [0.05, 0.1) is 17.2 Å². The molecule has 4 amide bonds. The van der Waals surface area contributed by atoms with Crippen molar-refractivity contribution < 1.29 is 50.2 Å². The van der Waals surface area contributed by atoms with Crippen molar-refractivity contribution in [3.8, 4) is 0 Å². The Bertz CT molecular complexity index is 1430. The van der Waals surface area contributed by atoms with E-state index >= 15 is 0 Å². The van der Waals surface area contributed by atoms with Crippen molar-refractivity contribution in [3.05, 3.63) is 65.0 Å². The van der Waals surface area contributed by atoms with Crippen LogP contribution in [0.25, 0.3) is 0 Å². The van der Waals surface area contributed by atoms with Gasteiger partial charge in [-0.3, -0.25) is 14.5 Å². The van der Waals surface area contributed by atoms with Crippen molar-refractivity contribution in [2.24, 2.45) is 5.92 Å². The fourth-order valence-corrected chi connectivity index (χ4v) is 6.12. The van der Waals surface area contributed by atoms with Crippen LogP contribution in [-0.2, 0) is 21.9 Å². The molecule has 1 saturated heterocycles. The number of hydrogen-bond acceptors (Lipinski definition) is 4. The van der Waals surface area contributed by atoms with Crippen LogP contribution in [-0.4, -0.2) is 77.6 Å². The van der Waals surface area contributed by atoms with Gasteiger partial charge in [-0.25, -0.2) is 9.18 Å². The Kier molecular flexibility index (Phi) is 10.2. The minimum absolute atomic E-state index is 0.0166. The summed E-state index contributed by atoms with van der Waals surface area (Å²) in [7, 11) is 2.41. The first-order chi connectivity index (χ1) is 21.7. The number of rotatable bonds is 6. The van der Waals surface area contributed by atoms with Crippen LogP contribution in [0.3, 0.4) is 0 Å². The van der Waals surface area contributed by atoms with Crippen molar-refractivity contribution in [1.29, 1.82) is 0 Å². The van der Waals surface area contributed by atoms with Gasteiger partial charge in [0.15, 0.2) is 0 Å². The number of nitrogens with one attached hydrogen (secondary N) is 1. The van der Waals surface area contributed by atoms with Gasteiger partial charge in [0.1, 0.15) is 11.4 Å². The van der Waals surface area contributed by atoms with Gasteiger partial charge < -0.3 is 20.2 Å². The van der Waals surface area contributed by atoms with E-state index in [-0.39, 0.29) is 31.1 Å². The third-order valence-electron chi connectivity index (χ3n) is 8.91. The van der Waals surface area contributed by atoms with E-state index < -0.39 is 70.4 Å². The minimum atomic E-state index is -5.11. The molecule has 0 spiro atoms. The monoisotopic (exact) mass is 674 g/mol. The number of halogens is 7. The highest BCUT2D eigenvalue weighted by Crippen LogP contribution is 2.39. The van der Waals surface area contributed by atoms with E-state index in [4.69, 9.17) is 0 Å². The number of anilines is 1. The Morgan fingerprint density at radius 2 is 1.38 bits per heavy atom. The second-order valence-corrected chi connectivity index (χ2v) is 12.8. The molecule has 2 fully saturated rings. The first kappa shape index (κ1) is 36.0. The van der Waals surface area contributed by atoms with E-state index in [1.54, 1.807) is 4.90 Å². The number of hydrogen-bond donors (Lipinski definition) is 2.